The largest absolute Gasteiger partial charge is 0.313 e. The number of rotatable bonds is 6. The van der Waals surface area contributed by atoms with Crippen molar-refractivity contribution in [2.75, 3.05) is 18.1 Å². The van der Waals surface area contributed by atoms with Crippen LogP contribution in [0.1, 0.15) is 18.9 Å². The summed E-state index contributed by atoms with van der Waals surface area (Å²) in [5.41, 5.74) is 0.822. The van der Waals surface area contributed by atoms with Crippen LogP contribution >= 0.6 is 11.8 Å². The second kappa shape index (κ2) is 6.74. The molecule has 0 amide bonds. The lowest BCUT2D eigenvalue weighted by molar-refractivity contribution is 0.561. The van der Waals surface area contributed by atoms with Crippen molar-refractivity contribution in [3.8, 4) is 0 Å². The van der Waals surface area contributed by atoms with E-state index in [-0.39, 0.29) is 6.04 Å². The zero-order valence-electron chi connectivity index (χ0n) is 11.1. The Morgan fingerprint density at radius 1 is 1.37 bits per heavy atom. The van der Waals surface area contributed by atoms with Crippen molar-refractivity contribution in [1.82, 2.24) is 10.0 Å². The third-order valence-electron chi connectivity index (χ3n) is 3.08. The first-order valence-corrected chi connectivity index (χ1v) is 9.16. The quantitative estimate of drug-likeness (QED) is 0.837. The summed E-state index contributed by atoms with van der Waals surface area (Å²) in [5.74, 6) is 1.90. The third-order valence-corrected chi connectivity index (χ3v) is 5.86. The smallest absolute Gasteiger partial charge is 0.241 e. The molecular weight excluding hydrogens is 280 g/mol. The van der Waals surface area contributed by atoms with Gasteiger partial charge in [-0.2, -0.15) is 11.8 Å². The van der Waals surface area contributed by atoms with Crippen LogP contribution in [-0.4, -0.2) is 32.5 Å². The number of thioether (sulfide) groups is 1. The average Bonchev–Trinajstić information content (AvgIpc) is 2.88. The van der Waals surface area contributed by atoms with Crippen molar-refractivity contribution < 1.29 is 8.42 Å². The van der Waals surface area contributed by atoms with Gasteiger partial charge in [0.25, 0.3) is 0 Å². The Balaban J connectivity index is 2.18. The lowest BCUT2D eigenvalue weighted by atomic mass is 10.2. The molecule has 2 N–H and O–H groups in total. The summed E-state index contributed by atoms with van der Waals surface area (Å²) in [5, 5.41) is 3.17. The summed E-state index contributed by atoms with van der Waals surface area (Å²) in [4.78, 5) is 0.396. The number of sulfonamides is 1. The van der Waals surface area contributed by atoms with Crippen LogP contribution < -0.4 is 10.0 Å². The van der Waals surface area contributed by atoms with E-state index >= 15 is 0 Å². The molecule has 1 unspecified atom stereocenters. The van der Waals surface area contributed by atoms with E-state index in [1.807, 2.05) is 19.1 Å². The highest BCUT2D eigenvalue weighted by atomic mass is 32.2. The molecule has 0 saturated carbocycles. The van der Waals surface area contributed by atoms with Crippen LogP contribution in [0.2, 0.25) is 0 Å². The summed E-state index contributed by atoms with van der Waals surface area (Å²) in [6, 6.07) is 7.25. The number of nitrogens with one attached hydrogen (secondary N) is 2. The summed E-state index contributed by atoms with van der Waals surface area (Å²) < 4.78 is 27.7. The highest BCUT2D eigenvalue weighted by molar-refractivity contribution is 7.99. The highest BCUT2D eigenvalue weighted by Gasteiger charge is 2.24. The minimum absolute atomic E-state index is 0.0715. The van der Waals surface area contributed by atoms with Gasteiger partial charge in [0.15, 0.2) is 0 Å². The lowest BCUT2D eigenvalue weighted by Gasteiger charge is -2.15. The molecule has 1 atom stereocenters. The maximum absolute atomic E-state index is 12.4. The van der Waals surface area contributed by atoms with Gasteiger partial charge in [-0.15, -0.1) is 0 Å². The minimum atomic E-state index is -3.41. The monoisotopic (exact) mass is 300 g/mol. The van der Waals surface area contributed by atoms with E-state index in [4.69, 9.17) is 0 Å². The van der Waals surface area contributed by atoms with Gasteiger partial charge in [-0.1, -0.05) is 25.1 Å². The Morgan fingerprint density at radius 2 is 2.16 bits per heavy atom. The van der Waals surface area contributed by atoms with Gasteiger partial charge in [0.05, 0.1) is 4.90 Å². The first-order valence-electron chi connectivity index (χ1n) is 6.52. The molecule has 1 aromatic carbocycles. The van der Waals surface area contributed by atoms with Gasteiger partial charge >= 0.3 is 0 Å². The predicted molar refractivity (Wildman–Crippen MR) is 79.9 cm³/mol. The Labute approximate surface area is 119 Å². The van der Waals surface area contributed by atoms with Gasteiger partial charge in [0.1, 0.15) is 0 Å². The van der Waals surface area contributed by atoms with Crippen molar-refractivity contribution in [3.05, 3.63) is 29.8 Å². The van der Waals surface area contributed by atoms with Gasteiger partial charge in [-0.3, -0.25) is 0 Å². The van der Waals surface area contributed by atoms with E-state index in [1.165, 1.54) is 0 Å². The molecule has 1 aromatic rings. The molecule has 2 rings (SSSR count). The lowest BCUT2D eigenvalue weighted by Crippen LogP contribution is -2.35. The first-order chi connectivity index (χ1) is 9.13. The molecule has 19 heavy (non-hydrogen) atoms. The van der Waals surface area contributed by atoms with Crippen molar-refractivity contribution in [2.24, 2.45) is 0 Å². The molecule has 1 heterocycles. The third kappa shape index (κ3) is 3.95. The van der Waals surface area contributed by atoms with E-state index in [9.17, 15) is 8.42 Å². The van der Waals surface area contributed by atoms with Crippen LogP contribution in [0.4, 0.5) is 0 Å². The van der Waals surface area contributed by atoms with Crippen LogP contribution in [0, 0.1) is 0 Å². The fourth-order valence-electron chi connectivity index (χ4n) is 2.08. The summed E-state index contributed by atoms with van der Waals surface area (Å²) in [7, 11) is -3.41. The normalized spacial score (nSPS) is 19.7. The number of hydrogen-bond acceptors (Lipinski definition) is 4. The Morgan fingerprint density at radius 3 is 2.84 bits per heavy atom. The molecule has 4 nitrogen and oxygen atoms in total. The average molecular weight is 300 g/mol. The molecule has 106 valence electrons. The van der Waals surface area contributed by atoms with Gasteiger partial charge in [0.2, 0.25) is 10.0 Å². The zero-order chi connectivity index (χ0) is 13.7. The van der Waals surface area contributed by atoms with Crippen molar-refractivity contribution in [3.63, 3.8) is 0 Å². The van der Waals surface area contributed by atoms with Crippen LogP contribution in [0.15, 0.2) is 29.2 Å². The topological polar surface area (TPSA) is 58.2 Å². The van der Waals surface area contributed by atoms with Crippen molar-refractivity contribution >= 4 is 21.8 Å². The van der Waals surface area contributed by atoms with Gasteiger partial charge in [-0.25, -0.2) is 13.1 Å². The molecule has 0 radical (unpaired) electrons. The van der Waals surface area contributed by atoms with E-state index in [0.29, 0.717) is 11.4 Å². The molecule has 0 aliphatic carbocycles. The van der Waals surface area contributed by atoms with Crippen LogP contribution in [0.3, 0.4) is 0 Å². The fraction of sp³-hybridized carbons (Fsp3) is 0.538. The molecular formula is C13H20N2O2S2. The van der Waals surface area contributed by atoms with E-state index in [0.717, 1.165) is 30.0 Å². The predicted octanol–water partition coefficient (Wildman–Crippen LogP) is 1.58. The molecule has 0 aromatic heterocycles. The van der Waals surface area contributed by atoms with Crippen LogP contribution in [-0.2, 0) is 16.6 Å². The maximum Gasteiger partial charge on any atom is 0.241 e. The minimum Gasteiger partial charge on any atom is -0.313 e. The SMILES string of the molecule is CCNCc1ccccc1S(=O)(=O)NC1CCSC1. The number of hydrogen-bond donors (Lipinski definition) is 2. The Bertz CT molecular complexity index is 511. The molecule has 6 heteroatoms. The second-order valence-corrected chi connectivity index (χ2v) is 7.40. The van der Waals surface area contributed by atoms with Crippen LogP contribution in [0.25, 0.3) is 0 Å². The molecule has 0 bridgehead atoms. The van der Waals surface area contributed by atoms with Gasteiger partial charge < -0.3 is 5.32 Å². The highest BCUT2D eigenvalue weighted by Crippen LogP contribution is 2.21. The fourth-order valence-corrected chi connectivity index (χ4v) is 4.85. The van der Waals surface area contributed by atoms with Gasteiger partial charge in [0, 0.05) is 18.3 Å². The summed E-state index contributed by atoms with van der Waals surface area (Å²) >= 11 is 1.80. The van der Waals surface area contributed by atoms with Crippen molar-refractivity contribution in [1.29, 1.82) is 0 Å². The summed E-state index contributed by atoms with van der Waals surface area (Å²) in [6.07, 6.45) is 0.916. The van der Waals surface area contributed by atoms with Crippen LogP contribution in [0.5, 0.6) is 0 Å². The molecule has 1 aliphatic heterocycles. The standard InChI is InChI=1S/C13H20N2O2S2/c1-2-14-9-11-5-3-4-6-13(11)19(16,17)15-12-7-8-18-10-12/h3-6,12,14-15H,2,7-10H2,1H3. The number of benzene rings is 1. The first kappa shape index (κ1) is 14.8. The second-order valence-electron chi connectivity index (χ2n) is 4.57. The van der Waals surface area contributed by atoms with E-state index < -0.39 is 10.0 Å². The Hall–Kier alpha value is -0.560. The molecule has 1 aliphatic rings. The maximum atomic E-state index is 12.4. The van der Waals surface area contributed by atoms with E-state index in [1.54, 1.807) is 23.9 Å². The van der Waals surface area contributed by atoms with Gasteiger partial charge in [-0.05, 0) is 30.3 Å². The molecule has 1 saturated heterocycles. The summed E-state index contributed by atoms with van der Waals surface area (Å²) in [6.45, 7) is 3.40. The van der Waals surface area contributed by atoms with E-state index in [2.05, 4.69) is 10.0 Å². The van der Waals surface area contributed by atoms with Crippen molar-refractivity contribution in [2.45, 2.75) is 30.8 Å². The molecule has 1 fully saturated rings. The molecule has 0 spiro atoms. The zero-order valence-corrected chi connectivity index (χ0v) is 12.7. The Kier molecular flexibility index (Phi) is 5.27.